The second-order valence-corrected chi connectivity index (χ2v) is 18.6. The number of hydrogen-bond donors (Lipinski definition) is 0. The molecule has 56 heavy (non-hydrogen) atoms. The zero-order chi connectivity index (χ0) is 40.5. The molecule has 0 saturated carbocycles. The van der Waals surface area contributed by atoms with E-state index in [1.807, 2.05) is 13.8 Å². The van der Waals surface area contributed by atoms with E-state index in [9.17, 15) is 33.7 Å². The molecule has 0 N–H and O–H groups in total. The van der Waals surface area contributed by atoms with Crippen LogP contribution in [-0.4, -0.2) is 45.1 Å². The van der Waals surface area contributed by atoms with Gasteiger partial charge in [-0.05, 0) is 122 Å². The molecule has 0 aliphatic rings. The van der Waals surface area contributed by atoms with E-state index in [0.29, 0.717) is 21.5 Å². The van der Waals surface area contributed by atoms with Crippen molar-refractivity contribution in [1.82, 2.24) is 0 Å². The van der Waals surface area contributed by atoms with Crippen molar-refractivity contribution < 1.29 is 50.6 Å². The molecule has 0 atom stereocenters. The van der Waals surface area contributed by atoms with Crippen LogP contribution in [0.1, 0.15) is 25.0 Å². The average Bonchev–Trinajstić information content (AvgIpc) is 3.15. The van der Waals surface area contributed by atoms with Crippen molar-refractivity contribution in [2.75, 3.05) is 0 Å². The van der Waals surface area contributed by atoms with Crippen LogP contribution in [0.4, 0.5) is 0 Å². The highest BCUT2D eigenvalue weighted by molar-refractivity contribution is 7.87. The van der Waals surface area contributed by atoms with Gasteiger partial charge in [0.05, 0.1) is 0 Å². The molecule has 6 rings (SSSR count). The fourth-order valence-corrected chi connectivity index (χ4v) is 8.46. The third-order valence-electron chi connectivity index (χ3n) is 8.24. The first-order valence-corrected chi connectivity index (χ1v) is 22.0. The van der Waals surface area contributed by atoms with Gasteiger partial charge in [0.1, 0.15) is 42.5 Å². The Morgan fingerprint density at radius 2 is 0.696 bits per heavy atom. The molecule has 0 bridgehead atoms. The van der Waals surface area contributed by atoms with Crippen molar-refractivity contribution in [3.05, 3.63) is 132 Å². The number of aryl methyl sites for hydroxylation is 2. The molecule has 18 heteroatoms. The Balaban J connectivity index is 1.10. The van der Waals surface area contributed by atoms with Crippen LogP contribution in [0.15, 0.2) is 151 Å². The van der Waals surface area contributed by atoms with Gasteiger partial charge >= 0.3 is 40.5 Å². The fraction of sp³-hybridized carbons (Fsp3) is 0.105. The second-order valence-electron chi connectivity index (χ2n) is 12.5. The largest absolute Gasteiger partial charge is 0.379 e. The van der Waals surface area contributed by atoms with Gasteiger partial charge in [0, 0.05) is 0 Å². The van der Waals surface area contributed by atoms with E-state index < -0.39 is 40.5 Å². The lowest BCUT2D eigenvalue weighted by atomic mass is 10.1. The quantitative estimate of drug-likeness (QED) is 0.0656. The van der Waals surface area contributed by atoms with Crippen LogP contribution in [0.2, 0.25) is 0 Å². The van der Waals surface area contributed by atoms with E-state index in [4.69, 9.17) is 16.9 Å². The number of hydrogen-bond acceptors (Lipinski definition) is 14. The molecular weight excluding hydrogens is 805 g/mol. The summed E-state index contributed by atoms with van der Waals surface area (Å²) < 4.78 is 123. The van der Waals surface area contributed by atoms with E-state index in [1.165, 1.54) is 111 Å². The number of oxime groups is 2. The molecule has 0 heterocycles. The van der Waals surface area contributed by atoms with Crippen LogP contribution < -0.4 is 8.37 Å². The lowest BCUT2D eigenvalue weighted by Crippen LogP contribution is -2.12. The van der Waals surface area contributed by atoms with E-state index in [2.05, 4.69) is 10.3 Å². The highest BCUT2D eigenvalue weighted by Gasteiger charge is 2.21. The van der Waals surface area contributed by atoms with Crippen LogP contribution in [0.3, 0.4) is 0 Å². The predicted molar refractivity (Wildman–Crippen MR) is 209 cm³/mol. The summed E-state index contributed by atoms with van der Waals surface area (Å²) in [6.45, 7) is 6.30. The normalized spacial score (nSPS) is 13.1. The molecule has 0 aliphatic heterocycles. The van der Waals surface area contributed by atoms with Gasteiger partial charge < -0.3 is 8.37 Å². The average molecular weight is 837 g/mol. The first-order valence-electron chi connectivity index (χ1n) is 16.4. The minimum Gasteiger partial charge on any atom is -0.379 e. The number of fused-ring (bicyclic) bond motifs is 2. The minimum atomic E-state index is -4.47. The predicted octanol–water partition coefficient (Wildman–Crippen LogP) is 7.01. The Morgan fingerprint density at radius 1 is 0.393 bits per heavy atom. The SMILES string of the molecule is CC(=N\OS(=O)(=O)c1ccc2cc(OS(=O)(=O)c3ccc(C)cc3)ccc2c1)/C(C)=N/OS(=O)(=O)c1ccc2cc(OS(=O)(=O)c3ccc(C)cc3)ccc2c1. The third kappa shape index (κ3) is 9.16. The summed E-state index contributed by atoms with van der Waals surface area (Å²) in [5.74, 6) is 0.0522. The zero-order valence-electron chi connectivity index (χ0n) is 30.0. The molecule has 0 radical (unpaired) electrons. The topological polar surface area (TPSA) is 198 Å². The van der Waals surface area contributed by atoms with Gasteiger partial charge in [-0.15, -0.1) is 0 Å². The first-order chi connectivity index (χ1) is 26.3. The monoisotopic (exact) mass is 836 g/mol. The molecule has 14 nitrogen and oxygen atoms in total. The third-order valence-corrected chi connectivity index (χ3v) is 13.0. The van der Waals surface area contributed by atoms with Crippen LogP contribution in [0.5, 0.6) is 11.5 Å². The minimum absolute atomic E-state index is 0.0183. The van der Waals surface area contributed by atoms with Crippen molar-refractivity contribution in [2.45, 2.75) is 47.3 Å². The van der Waals surface area contributed by atoms with E-state index in [1.54, 1.807) is 24.3 Å². The lowest BCUT2D eigenvalue weighted by molar-refractivity contribution is 0.334. The molecule has 6 aromatic rings. The van der Waals surface area contributed by atoms with Crippen LogP contribution in [0, 0.1) is 13.8 Å². The molecule has 0 spiro atoms. The molecule has 290 valence electrons. The van der Waals surface area contributed by atoms with E-state index in [0.717, 1.165) is 11.1 Å². The maximum absolute atomic E-state index is 13.0. The van der Waals surface area contributed by atoms with Crippen LogP contribution >= 0.6 is 0 Å². The van der Waals surface area contributed by atoms with Crippen LogP contribution in [-0.2, 0) is 49.0 Å². The van der Waals surface area contributed by atoms with Crippen molar-refractivity contribution in [2.24, 2.45) is 10.3 Å². The van der Waals surface area contributed by atoms with Gasteiger partial charge in [0.15, 0.2) is 0 Å². The zero-order valence-corrected chi connectivity index (χ0v) is 33.2. The summed E-state index contributed by atoms with van der Waals surface area (Å²) in [5.41, 5.74) is 1.53. The number of nitrogens with zero attached hydrogens (tertiary/aromatic N) is 2. The lowest BCUT2D eigenvalue weighted by Gasteiger charge is -2.09. The highest BCUT2D eigenvalue weighted by atomic mass is 32.2. The van der Waals surface area contributed by atoms with Crippen molar-refractivity contribution in [1.29, 1.82) is 0 Å². The number of benzene rings is 6. The Labute approximate surface area is 324 Å². The Kier molecular flexibility index (Phi) is 10.9. The number of rotatable bonds is 13. The smallest absolute Gasteiger partial charge is 0.358 e. The molecule has 0 unspecified atom stereocenters. The first kappa shape index (κ1) is 39.9. The van der Waals surface area contributed by atoms with Gasteiger partial charge in [-0.1, -0.05) is 70.0 Å². The van der Waals surface area contributed by atoms with Gasteiger partial charge in [-0.2, -0.15) is 33.7 Å². The summed E-state index contributed by atoms with van der Waals surface area (Å²) in [7, 11) is -17.1. The highest BCUT2D eigenvalue weighted by Crippen LogP contribution is 2.29. The maximum atomic E-state index is 13.0. The summed E-state index contributed by atoms with van der Waals surface area (Å²) >= 11 is 0. The fourth-order valence-electron chi connectivity index (χ4n) is 5.01. The second kappa shape index (κ2) is 15.4. The molecule has 0 aromatic heterocycles. The van der Waals surface area contributed by atoms with Gasteiger partial charge in [0.2, 0.25) is 0 Å². The molecule has 0 amide bonds. The molecular formula is C38H32N2O12S4. The van der Waals surface area contributed by atoms with Crippen molar-refractivity contribution >= 4 is 73.4 Å². The van der Waals surface area contributed by atoms with E-state index in [-0.39, 0.29) is 42.5 Å². The van der Waals surface area contributed by atoms with Gasteiger partial charge in [-0.3, -0.25) is 8.57 Å². The summed E-state index contributed by atoms with van der Waals surface area (Å²) in [5, 5.41) is 9.01. The molecule has 0 aliphatic carbocycles. The van der Waals surface area contributed by atoms with Crippen LogP contribution in [0.25, 0.3) is 21.5 Å². The van der Waals surface area contributed by atoms with Gasteiger partial charge in [0.25, 0.3) is 0 Å². The summed E-state index contributed by atoms with van der Waals surface area (Å²) in [6.07, 6.45) is 0. The summed E-state index contributed by atoms with van der Waals surface area (Å²) in [4.78, 5) is -0.567. The van der Waals surface area contributed by atoms with E-state index >= 15 is 0 Å². The maximum Gasteiger partial charge on any atom is 0.358 e. The Bertz CT molecular complexity index is 2790. The van der Waals surface area contributed by atoms with Crippen molar-refractivity contribution in [3.63, 3.8) is 0 Å². The van der Waals surface area contributed by atoms with Crippen molar-refractivity contribution in [3.8, 4) is 11.5 Å². The molecule has 6 aromatic carbocycles. The summed E-state index contributed by atoms with van der Waals surface area (Å²) in [6, 6.07) is 28.9. The molecule has 0 fully saturated rings. The van der Waals surface area contributed by atoms with Gasteiger partial charge in [-0.25, -0.2) is 0 Å². The Morgan fingerprint density at radius 3 is 1.05 bits per heavy atom. The standard InChI is InChI=1S/C38H32N2O12S4/c1-25-5-15-35(16-6-25)53(41,42)49-33-13-9-31-23-37(19-11-29(31)21-33)55(45,46)51-39-27(3)28(4)40-52-56(47,48)38-20-12-30-22-34(14-10-32(30)24-38)50-54(43,44)36-17-7-26(2)8-18-36/h5-24H,1-4H3/b39-27+,40-28+. The Hall–Kier alpha value is -5.82. The molecule has 0 saturated heterocycles.